The van der Waals surface area contributed by atoms with Crippen molar-refractivity contribution in [3.8, 4) is 11.3 Å². The third kappa shape index (κ3) is 3.43. The Hall–Kier alpha value is -2.63. The number of carbonyl (C=O) groups is 1. The molecule has 1 aliphatic heterocycles. The summed E-state index contributed by atoms with van der Waals surface area (Å²) in [5.41, 5.74) is 3.74. The molecule has 0 N–H and O–H groups in total. The van der Waals surface area contributed by atoms with Gasteiger partial charge >= 0.3 is 0 Å². The van der Waals surface area contributed by atoms with Gasteiger partial charge in [-0.1, -0.05) is 39.7 Å². The fourth-order valence-corrected chi connectivity index (χ4v) is 3.47. The van der Waals surface area contributed by atoms with E-state index < -0.39 is 0 Å². The molecular formula is C22H16BrClN2O2. The molecule has 0 bridgehead atoms. The van der Waals surface area contributed by atoms with Crippen LogP contribution in [0.2, 0.25) is 5.02 Å². The summed E-state index contributed by atoms with van der Waals surface area (Å²) in [5.74, 6) is 1.11. The van der Waals surface area contributed by atoms with Crippen LogP contribution in [0.3, 0.4) is 0 Å². The van der Waals surface area contributed by atoms with Gasteiger partial charge in [0.05, 0.1) is 17.0 Å². The predicted octanol–water partition coefficient (Wildman–Crippen LogP) is 6.48. The van der Waals surface area contributed by atoms with Crippen LogP contribution in [0, 0.1) is 6.92 Å². The molecular weight excluding hydrogens is 440 g/mol. The van der Waals surface area contributed by atoms with E-state index in [2.05, 4.69) is 21.0 Å². The molecule has 0 atom stereocenters. The molecule has 1 aromatic heterocycles. The van der Waals surface area contributed by atoms with Crippen molar-refractivity contribution in [1.29, 1.82) is 0 Å². The van der Waals surface area contributed by atoms with Crippen molar-refractivity contribution in [3.63, 3.8) is 0 Å². The van der Waals surface area contributed by atoms with Crippen LogP contribution >= 0.6 is 27.5 Å². The van der Waals surface area contributed by atoms with E-state index in [0.717, 1.165) is 15.6 Å². The number of hydrogen-bond acceptors (Lipinski definition) is 3. The number of hydrazone groups is 1. The Bertz CT molecular complexity index is 1130. The van der Waals surface area contributed by atoms with E-state index in [4.69, 9.17) is 16.0 Å². The first-order chi connectivity index (χ1) is 13.4. The molecule has 4 nitrogen and oxygen atoms in total. The molecule has 0 saturated heterocycles. The Morgan fingerprint density at radius 2 is 1.82 bits per heavy atom. The summed E-state index contributed by atoms with van der Waals surface area (Å²) in [7, 11) is 0. The van der Waals surface area contributed by atoms with E-state index in [1.54, 1.807) is 6.08 Å². The number of hydrogen-bond donors (Lipinski definition) is 0. The van der Waals surface area contributed by atoms with Crippen molar-refractivity contribution in [2.45, 2.75) is 13.8 Å². The van der Waals surface area contributed by atoms with Gasteiger partial charge in [-0.25, -0.2) is 0 Å². The summed E-state index contributed by atoms with van der Waals surface area (Å²) in [6.45, 7) is 3.76. The van der Waals surface area contributed by atoms with E-state index in [-0.39, 0.29) is 5.91 Å². The smallest absolute Gasteiger partial charge is 0.280 e. The van der Waals surface area contributed by atoms with Crippen molar-refractivity contribution in [2.24, 2.45) is 5.10 Å². The molecule has 1 amide bonds. The molecule has 0 saturated carbocycles. The number of amides is 1. The van der Waals surface area contributed by atoms with Gasteiger partial charge in [-0.05, 0) is 68.0 Å². The minimum atomic E-state index is -0.184. The van der Waals surface area contributed by atoms with Gasteiger partial charge in [0.2, 0.25) is 0 Å². The molecule has 0 fully saturated rings. The van der Waals surface area contributed by atoms with Crippen molar-refractivity contribution >= 4 is 50.9 Å². The lowest BCUT2D eigenvalue weighted by atomic mass is 10.1. The Labute approximate surface area is 176 Å². The highest BCUT2D eigenvalue weighted by Gasteiger charge is 2.29. The van der Waals surface area contributed by atoms with Gasteiger partial charge in [-0.15, -0.1) is 0 Å². The molecule has 6 heteroatoms. The molecule has 0 unspecified atom stereocenters. The van der Waals surface area contributed by atoms with Crippen LogP contribution in [-0.2, 0) is 4.79 Å². The second-order valence-electron chi connectivity index (χ2n) is 6.45. The molecule has 0 spiro atoms. The average molecular weight is 456 g/mol. The Morgan fingerprint density at radius 1 is 1.07 bits per heavy atom. The van der Waals surface area contributed by atoms with E-state index >= 15 is 0 Å². The number of furan rings is 1. The average Bonchev–Trinajstić information content (AvgIpc) is 3.25. The molecule has 0 radical (unpaired) electrons. The van der Waals surface area contributed by atoms with Crippen molar-refractivity contribution in [3.05, 3.63) is 81.0 Å². The number of anilines is 1. The summed E-state index contributed by atoms with van der Waals surface area (Å²) in [4.78, 5) is 12.9. The van der Waals surface area contributed by atoms with Gasteiger partial charge in [-0.3, -0.25) is 4.79 Å². The molecule has 140 valence electrons. The van der Waals surface area contributed by atoms with Crippen molar-refractivity contribution in [2.75, 3.05) is 5.01 Å². The van der Waals surface area contributed by atoms with Gasteiger partial charge < -0.3 is 4.42 Å². The summed E-state index contributed by atoms with van der Waals surface area (Å²) in [6, 6.07) is 16.8. The van der Waals surface area contributed by atoms with Crippen LogP contribution in [0.15, 0.2) is 74.2 Å². The third-order valence-electron chi connectivity index (χ3n) is 4.58. The van der Waals surface area contributed by atoms with Gasteiger partial charge in [0.1, 0.15) is 11.5 Å². The number of benzene rings is 2. The topological polar surface area (TPSA) is 45.8 Å². The molecule has 2 aromatic carbocycles. The monoisotopic (exact) mass is 454 g/mol. The highest BCUT2D eigenvalue weighted by Crippen LogP contribution is 2.31. The lowest BCUT2D eigenvalue weighted by molar-refractivity contribution is -0.114. The van der Waals surface area contributed by atoms with Crippen LogP contribution in [-0.4, -0.2) is 11.6 Å². The lowest BCUT2D eigenvalue weighted by Crippen LogP contribution is -2.21. The summed E-state index contributed by atoms with van der Waals surface area (Å²) in [5, 5.41) is 6.48. The van der Waals surface area contributed by atoms with Crippen LogP contribution in [0.25, 0.3) is 17.4 Å². The standard InChI is InChI=1S/C22H16BrClN2O2/c1-13-18(4-3-5-20(13)24)21-11-10-17(28-21)12-19-14(2)25-26(22(19)27)16-8-6-15(23)7-9-16/h3-12H,1-2H3/b19-12-. The number of nitrogens with zero attached hydrogens (tertiary/aromatic N) is 2. The summed E-state index contributed by atoms with van der Waals surface area (Å²) >= 11 is 9.60. The highest BCUT2D eigenvalue weighted by atomic mass is 79.9. The number of carbonyl (C=O) groups excluding carboxylic acids is 1. The molecule has 0 aliphatic carbocycles. The van der Waals surface area contributed by atoms with Gasteiger partial charge in [0, 0.05) is 15.1 Å². The first-order valence-corrected chi connectivity index (χ1v) is 9.84. The van der Waals surface area contributed by atoms with E-state index in [1.807, 2.05) is 68.4 Å². The minimum Gasteiger partial charge on any atom is -0.457 e. The zero-order valence-corrected chi connectivity index (χ0v) is 17.6. The zero-order chi connectivity index (χ0) is 19.8. The van der Waals surface area contributed by atoms with E-state index in [9.17, 15) is 4.79 Å². The quantitative estimate of drug-likeness (QED) is 0.424. The zero-order valence-electron chi connectivity index (χ0n) is 15.2. The molecule has 3 aromatic rings. The molecule has 4 rings (SSSR count). The maximum Gasteiger partial charge on any atom is 0.280 e. The largest absolute Gasteiger partial charge is 0.457 e. The molecule has 2 heterocycles. The number of rotatable bonds is 3. The van der Waals surface area contributed by atoms with Gasteiger partial charge in [0.15, 0.2) is 0 Å². The minimum absolute atomic E-state index is 0.184. The third-order valence-corrected chi connectivity index (χ3v) is 5.52. The Morgan fingerprint density at radius 3 is 2.57 bits per heavy atom. The first kappa shape index (κ1) is 18.7. The maximum absolute atomic E-state index is 12.9. The normalized spacial score (nSPS) is 15.4. The first-order valence-electron chi connectivity index (χ1n) is 8.66. The number of halogens is 2. The van der Waals surface area contributed by atoms with Crippen LogP contribution in [0.1, 0.15) is 18.2 Å². The Balaban J connectivity index is 1.64. The van der Waals surface area contributed by atoms with Gasteiger partial charge in [0.25, 0.3) is 5.91 Å². The second kappa shape index (κ2) is 7.41. The Kier molecular flexibility index (Phi) is 4.96. The van der Waals surface area contributed by atoms with Crippen LogP contribution in [0.4, 0.5) is 5.69 Å². The van der Waals surface area contributed by atoms with Crippen LogP contribution in [0.5, 0.6) is 0 Å². The fraction of sp³-hybridized carbons (Fsp3) is 0.0909. The second-order valence-corrected chi connectivity index (χ2v) is 7.77. The lowest BCUT2D eigenvalue weighted by Gasteiger charge is -2.11. The molecule has 28 heavy (non-hydrogen) atoms. The highest BCUT2D eigenvalue weighted by molar-refractivity contribution is 9.10. The maximum atomic E-state index is 12.9. The SMILES string of the molecule is CC1=NN(c2ccc(Br)cc2)C(=O)/C1=C\c1ccc(-c2cccc(Cl)c2C)o1. The fourth-order valence-electron chi connectivity index (χ4n) is 3.03. The van der Waals surface area contributed by atoms with E-state index in [1.165, 1.54) is 5.01 Å². The predicted molar refractivity (Wildman–Crippen MR) is 117 cm³/mol. The van der Waals surface area contributed by atoms with Crippen molar-refractivity contribution in [1.82, 2.24) is 0 Å². The van der Waals surface area contributed by atoms with Gasteiger partial charge in [-0.2, -0.15) is 10.1 Å². The summed E-state index contributed by atoms with van der Waals surface area (Å²) < 4.78 is 6.90. The van der Waals surface area contributed by atoms with Crippen molar-refractivity contribution < 1.29 is 9.21 Å². The molecule has 1 aliphatic rings. The van der Waals surface area contributed by atoms with Crippen LogP contribution < -0.4 is 5.01 Å². The summed E-state index contributed by atoms with van der Waals surface area (Å²) in [6.07, 6.45) is 1.73. The van der Waals surface area contributed by atoms with E-state index in [0.29, 0.717) is 33.5 Å².